The van der Waals surface area contributed by atoms with Crippen molar-refractivity contribution in [2.45, 2.75) is 0 Å². The number of carboxylic acid groups (broad SMARTS) is 1. The van der Waals surface area contributed by atoms with Gasteiger partial charge in [-0.3, -0.25) is 0 Å². The molecule has 5 rings (SSSR count). The number of rotatable bonds is 5. The van der Waals surface area contributed by atoms with Crippen LogP contribution in [0.1, 0.15) is 10.4 Å². The number of benzene rings is 3. The first-order valence-corrected chi connectivity index (χ1v) is 10.7. The van der Waals surface area contributed by atoms with Gasteiger partial charge in [0.1, 0.15) is 5.82 Å². The van der Waals surface area contributed by atoms with Crippen LogP contribution < -0.4 is 10.2 Å². The molecule has 4 aromatic rings. The van der Waals surface area contributed by atoms with Crippen molar-refractivity contribution < 1.29 is 23.6 Å². The maximum atomic E-state index is 14.4. The molecule has 0 spiro atoms. The summed E-state index contributed by atoms with van der Waals surface area (Å²) in [5, 5.41) is 17.7. The highest BCUT2D eigenvalue weighted by Crippen LogP contribution is 2.34. The number of aromatic carboxylic acids is 1. The Kier molecular flexibility index (Phi) is 5.62. The second-order valence-corrected chi connectivity index (χ2v) is 8.01. The van der Waals surface area contributed by atoms with Crippen LogP contribution >= 0.6 is 11.6 Å². The molecule has 1 aliphatic heterocycles. The normalized spacial score (nSPS) is 13.9. The molecule has 0 saturated carbocycles. The average molecular weight is 468 g/mol. The Morgan fingerprint density at radius 2 is 1.94 bits per heavy atom. The van der Waals surface area contributed by atoms with Crippen molar-refractivity contribution >= 4 is 45.7 Å². The molecule has 3 aromatic carbocycles. The molecule has 0 unspecified atom stereocenters. The highest BCUT2D eigenvalue weighted by atomic mass is 35.5. The number of carbonyl (C=O) groups is 1. The maximum absolute atomic E-state index is 14.4. The van der Waals surface area contributed by atoms with Crippen LogP contribution in [0.15, 0.2) is 59.1 Å². The van der Waals surface area contributed by atoms with E-state index < -0.39 is 11.8 Å². The number of nitrogens with one attached hydrogen (secondary N) is 1. The summed E-state index contributed by atoms with van der Waals surface area (Å²) in [5.74, 6) is -1.01. The number of nitrogens with zero attached hydrogens (tertiary/aromatic N) is 2. The van der Waals surface area contributed by atoms with Gasteiger partial charge in [0, 0.05) is 24.3 Å². The van der Waals surface area contributed by atoms with Gasteiger partial charge in [-0.15, -0.1) is 0 Å². The van der Waals surface area contributed by atoms with E-state index in [0.717, 1.165) is 0 Å². The minimum atomic E-state index is -0.990. The van der Waals surface area contributed by atoms with Crippen molar-refractivity contribution in [1.82, 2.24) is 5.16 Å². The van der Waals surface area contributed by atoms with E-state index in [0.29, 0.717) is 65.6 Å². The van der Waals surface area contributed by atoms with E-state index in [1.165, 1.54) is 6.07 Å². The average Bonchev–Trinajstić information content (AvgIpc) is 3.23. The van der Waals surface area contributed by atoms with Crippen LogP contribution in [0.4, 0.5) is 21.6 Å². The van der Waals surface area contributed by atoms with Crippen molar-refractivity contribution in [2.24, 2.45) is 0 Å². The molecule has 0 radical (unpaired) electrons. The van der Waals surface area contributed by atoms with Crippen LogP contribution in [0.3, 0.4) is 0 Å². The first kappa shape index (κ1) is 21.2. The van der Waals surface area contributed by atoms with Crippen LogP contribution in [0.25, 0.3) is 22.1 Å². The molecule has 33 heavy (non-hydrogen) atoms. The van der Waals surface area contributed by atoms with Gasteiger partial charge in [0.25, 0.3) is 0 Å². The predicted molar refractivity (Wildman–Crippen MR) is 124 cm³/mol. The first-order valence-electron chi connectivity index (χ1n) is 10.3. The summed E-state index contributed by atoms with van der Waals surface area (Å²) in [6, 6.07) is 15.1. The van der Waals surface area contributed by atoms with E-state index in [4.69, 9.17) is 20.9 Å². The van der Waals surface area contributed by atoms with Crippen molar-refractivity contribution in [3.63, 3.8) is 0 Å². The van der Waals surface area contributed by atoms with Crippen LogP contribution in [-0.2, 0) is 4.74 Å². The van der Waals surface area contributed by atoms with Crippen molar-refractivity contribution in [3.8, 4) is 11.1 Å². The minimum absolute atomic E-state index is 0.0494. The third-order valence-corrected chi connectivity index (χ3v) is 5.87. The third kappa shape index (κ3) is 4.10. The SMILES string of the molecule is O=C(O)c1ccc(Nc2noc3cc(-c4cccc(Cl)c4F)ccc23)cc1N1CCOCC1. The molecule has 0 aliphatic carbocycles. The van der Waals surface area contributed by atoms with E-state index in [1.807, 2.05) is 4.90 Å². The lowest BCUT2D eigenvalue weighted by Crippen LogP contribution is -2.37. The zero-order valence-corrected chi connectivity index (χ0v) is 18.1. The van der Waals surface area contributed by atoms with Gasteiger partial charge in [-0.1, -0.05) is 35.0 Å². The molecule has 0 amide bonds. The number of halogens is 2. The topological polar surface area (TPSA) is 87.8 Å². The maximum Gasteiger partial charge on any atom is 0.337 e. The minimum Gasteiger partial charge on any atom is -0.478 e. The second-order valence-electron chi connectivity index (χ2n) is 7.60. The Hall–Kier alpha value is -3.62. The molecular weight excluding hydrogens is 449 g/mol. The summed E-state index contributed by atoms with van der Waals surface area (Å²) in [5.41, 5.74) is 2.97. The molecule has 1 aromatic heterocycles. The molecule has 0 bridgehead atoms. The van der Waals surface area contributed by atoms with E-state index in [2.05, 4.69) is 10.5 Å². The fourth-order valence-electron chi connectivity index (χ4n) is 3.91. The fourth-order valence-corrected chi connectivity index (χ4v) is 4.09. The molecule has 2 heterocycles. The highest BCUT2D eigenvalue weighted by Gasteiger charge is 2.20. The Bertz CT molecular complexity index is 1350. The lowest BCUT2D eigenvalue weighted by molar-refractivity contribution is 0.0696. The first-order chi connectivity index (χ1) is 16.0. The van der Waals surface area contributed by atoms with Gasteiger partial charge >= 0.3 is 5.97 Å². The van der Waals surface area contributed by atoms with Crippen molar-refractivity contribution in [2.75, 3.05) is 36.5 Å². The quantitative estimate of drug-likeness (QED) is 0.397. The summed E-state index contributed by atoms with van der Waals surface area (Å²) in [4.78, 5) is 13.7. The summed E-state index contributed by atoms with van der Waals surface area (Å²) < 4.78 is 25.3. The number of morpholine rings is 1. The monoisotopic (exact) mass is 467 g/mol. The van der Waals surface area contributed by atoms with E-state index >= 15 is 0 Å². The number of carboxylic acids is 1. The molecule has 0 atom stereocenters. The smallest absolute Gasteiger partial charge is 0.337 e. The van der Waals surface area contributed by atoms with Crippen molar-refractivity contribution in [1.29, 1.82) is 0 Å². The summed E-state index contributed by atoms with van der Waals surface area (Å²) in [6.45, 7) is 2.30. The Balaban J connectivity index is 1.47. The van der Waals surface area contributed by atoms with Crippen LogP contribution in [0, 0.1) is 5.82 Å². The van der Waals surface area contributed by atoms with Gasteiger partial charge < -0.3 is 24.6 Å². The molecule has 9 heteroatoms. The predicted octanol–water partition coefficient (Wildman–Crippen LogP) is 5.57. The lowest BCUT2D eigenvalue weighted by Gasteiger charge is -2.30. The summed E-state index contributed by atoms with van der Waals surface area (Å²) in [6.07, 6.45) is 0. The van der Waals surface area contributed by atoms with Crippen LogP contribution in [0.5, 0.6) is 0 Å². The zero-order chi connectivity index (χ0) is 22.9. The summed E-state index contributed by atoms with van der Waals surface area (Å²) in [7, 11) is 0. The van der Waals surface area contributed by atoms with Gasteiger partial charge in [-0.2, -0.15) is 0 Å². The van der Waals surface area contributed by atoms with E-state index in [-0.39, 0.29) is 10.6 Å². The molecular formula is C24H19ClFN3O4. The Morgan fingerprint density at radius 1 is 1.12 bits per heavy atom. The van der Waals surface area contributed by atoms with Crippen LogP contribution in [0.2, 0.25) is 5.02 Å². The number of hydrogen-bond donors (Lipinski definition) is 2. The number of anilines is 3. The third-order valence-electron chi connectivity index (χ3n) is 5.58. The molecule has 2 N–H and O–H groups in total. The fraction of sp³-hybridized carbons (Fsp3) is 0.167. The number of hydrogen-bond acceptors (Lipinski definition) is 6. The summed E-state index contributed by atoms with van der Waals surface area (Å²) >= 11 is 5.91. The van der Waals surface area contributed by atoms with Gasteiger partial charge in [-0.05, 0) is 42.0 Å². The number of aromatic nitrogens is 1. The van der Waals surface area contributed by atoms with Crippen molar-refractivity contribution in [3.05, 3.63) is 71.0 Å². The number of fused-ring (bicyclic) bond motifs is 1. The number of ether oxygens (including phenoxy) is 1. The van der Waals surface area contributed by atoms with Gasteiger partial charge in [0.2, 0.25) is 0 Å². The van der Waals surface area contributed by atoms with Gasteiger partial charge in [0.15, 0.2) is 11.4 Å². The van der Waals surface area contributed by atoms with E-state index in [1.54, 1.807) is 48.5 Å². The molecule has 1 aliphatic rings. The molecule has 168 valence electrons. The Morgan fingerprint density at radius 3 is 2.73 bits per heavy atom. The van der Waals surface area contributed by atoms with E-state index in [9.17, 15) is 14.3 Å². The standard InChI is InChI=1S/C24H19ClFN3O4/c25-19-3-1-2-16(22(19)26)14-4-6-18-21(12-14)33-28-23(18)27-15-5-7-17(24(30)31)20(13-15)29-8-10-32-11-9-29/h1-7,12-13H,8-11H2,(H,27,28)(H,30,31). The second kappa shape index (κ2) is 8.73. The van der Waals surface area contributed by atoms with Gasteiger partial charge in [-0.25, -0.2) is 9.18 Å². The largest absolute Gasteiger partial charge is 0.478 e. The Labute approximate surface area is 193 Å². The molecule has 1 saturated heterocycles. The lowest BCUT2D eigenvalue weighted by atomic mass is 10.0. The highest BCUT2D eigenvalue weighted by molar-refractivity contribution is 6.31. The van der Waals surface area contributed by atoms with Gasteiger partial charge in [0.05, 0.1) is 34.9 Å². The molecule has 7 nitrogen and oxygen atoms in total. The molecule has 1 fully saturated rings. The van der Waals surface area contributed by atoms with Crippen LogP contribution in [-0.4, -0.2) is 42.5 Å². The zero-order valence-electron chi connectivity index (χ0n) is 17.3.